The van der Waals surface area contributed by atoms with Gasteiger partial charge in [-0.3, -0.25) is 0 Å². The molecule has 2 aromatic rings. The molecule has 0 saturated heterocycles. The first-order valence-electron chi connectivity index (χ1n) is 6.24. The van der Waals surface area contributed by atoms with Crippen LogP contribution in [0, 0.1) is 0 Å². The van der Waals surface area contributed by atoms with E-state index >= 15 is 0 Å². The molecule has 0 spiro atoms. The van der Waals surface area contributed by atoms with E-state index in [2.05, 4.69) is 26.0 Å². The van der Waals surface area contributed by atoms with E-state index in [-0.39, 0.29) is 5.41 Å². The van der Waals surface area contributed by atoms with Gasteiger partial charge in [-0.25, -0.2) is 0 Å². The molecule has 0 atom stereocenters. The monoisotopic (exact) mass is 196 g/mol. The molecule has 0 nitrogen and oxygen atoms in total. The molecule has 0 saturated carbocycles. The number of hydrogen-bond donors (Lipinski definition) is 0. The number of fused-ring (bicyclic) bond motifs is 3. The second-order valence-electron chi connectivity index (χ2n) is 4.56. The van der Waals surface area contributed by atoms with Gasteiger partial charge < -0.3 is 0 Å². The Morgan fingerprint density at radius 2 is 1.60 bits per heavy atom. The van der Waals surface area contributed by atoms with Crippen molar-refractivity contribution in [2.45, 2.75) is 19.3 Å². The molecule has 0 aromatic heterocycles. The highest BCUT2D eigenvalue weighted by Gasteiger charge is 2.34. The Morgan fingerprint density at radius 3 is 2.47 bits per heavy atom. The molecule has 0 N–H and O–H groups in total. The molecular formula is C15H14. The molecule has 0 amide bonds. The predicted octanol–water partition coefficient (Wildman–Crippen LogP) is 3.99. The van der Waals surface area contributed by atoms with Crippen molar-refractivity contribution in [1.29, 1.82) is 0 Å². The Kier molecular flexibility index (Phi) is 1.24. The number of rotatable bonds is 0. The third-order valence-corrected chi connectivity index (χ3v) is 3.32. The minimum Gasteiger partial charge on any atom is -0.0619 e. The summed E-state index contributed by atoms with van der Waals surface area (Å²) < 4.78 is 15.9. The van der Waals surface area contributed by atoms with Gasteiger partial charge in [-0.2, -0.15) is 0 Å². The van der Waals surface area contributed by atoms with E-state index in [0.717, 1.165) is 11.1 Å². The summed E-state index contributed by atoms with van der Waals surface area (Å²) in [5.41, 5.74) is 4.41. The zero-order valence-electron chi connectivity index (χ0n) is 11.0. The van der Waals surface area contributed by atoms with E-state index in [1.54, 1.807) is 6.07 Å². The van der Waals surface area contributed by atoms with Gasteiger partial charge in [0.1, 0.15) is 0 Å². The summed E-state index contributed by atoms with van der Waals surface area (Å²) in [6.07, 6.45) is 0. The molecule has 74 valence electrons. The highest BCUT2D eigenvalue weighted by molar-refractivity contribution is 5.80. The van der Waals surface area contributed by atoms with Gasteiger partial charge in [0.15, 0.2) is 0 Å². The van der Waals surface area contributed by atoms with E-state index in [9.17, 15) is 0 Å². The summed E-state index contributed by atoms with van der Waals surface area (Å²) in [6.45, 7) is 4.27. The predicted molar refractivity (Wildman–Crippen MR) is 64.0 cm³/mol. The molecule has 2 aromatic carbocycles. The second-order valence-corrected chi connectivity index (χ2v) is 4.56. The van der Waals surface area contributed by atoms with E-state index in [4.69, 9.17) is 2.74 Å². The molecule has 0 bridgehead atoms. The smallest absolute Gasteiger partial charge is 0.0619 e. The lowest BCUT2D eigenvalue weighted by Crippen LogP contribution is -2.14. The maximum Gasteiger partial charge on any atom is 0.0626 e. The van der Waals surface area contributed by atoms with Gasteiger partial charge in [0.05, 0.1) is 2.74 Å². The van der Waals surface area contributed by atoms with Gasteiger partial charge in [0, 0.05) is 5.41 Å². The Morgan fingerprint density at radius 1 is 0.933 bits per heavy atom. The Hall–Kier alpha value is -1.56. The lowest BCUT2D eigenvalue weighted by atomic mass is 9.82. The molecule has 15 heavy (non-hydrogen) atoms. The Labute approximate surface area is 93.4 Å². The molecule has 0 unspecified atom stereocenters. The molecule has 0 radical (unpaired) electrons. The van der Waals surface area contributed by atoms with Crippen LogP contribution < -0.4 is 0 Å². The van der Waals surface area contributed by atoms with Crippen molar-refractivity contribution < 1.29 is 2.74 Å². The van der Waals surface area contributed by atoms with Gasteiger partial charge in [0.25, 0.3) is 0 Å². The summed E-state index contributed by atoms with van der Waals surface area (Å²) in [6, 6.07) is 12.7. The largest absolute Gasteiger partial charge is 0.0626 e. The van der Waals surface area contributed by atoms with Gasteiger partial charge in [0.2, 0.25) is 0 Å². The molecular weight excluding hydrogens is 180 g/mol. The minimum absolute atomic E-state index is 0.167. The summed E-state index contributed by atoms with van der Waals surface area (Å²) in [7, 11) is 0. The number of hydrogen-bond acceptors (Lipinski definition) is 0. The normalized spacial score (nSPS) is 17.7. The van der Waals surface area contributed by atoms with Gasteiger partial charge in [-0.1, -0.05) is 62.3 Å². The summed E-state index contributed by atoms with van der Waals surface area (Å²) in [5, 5.41) is 0. The van der Waals surface area contributed by atoms with Crippen LogP contribution in [0.25, 0.3) is 11.1 Å². The first-order chi connectivity index (χ1) is 8.03. The van der Waals surface area contributed by atoms with Crippen LogP contribution in [0.3, 0.4) is 0 Å². The molecule has 1 aliphatic rings. The van der Waals surface area contributed by atoms with Crippen LogP contribution in [0.1, 0.15) is 27.7 Å². The Bertz CT molecular complexity index is 612. The average Bonchev–Trinajstić information content (AvgIpc) is 2.54. The van der Waals surface area contributed by atoms with E-state index < -0.39 is 0 Å². The van der Waals surface area contributed by atoms with Crippen molar-refractivity contribution in [3.63, 3.8) is 0 Å². The first kappa shape index (κ1) is 6.84. The van der Waals surface area contributed by atoms with Crippen LogP contribution in [0.5, 0.6) is 0 Å². The fraction of sp³-hybridized carbons (Fsp3) is 0.200. The average molecular weight is 196 g/mol. The molecule has 0 heteroatoms. The van der Waals surface area contributed by atoms with E-state index in [1.165, 1.54) is 11.1 Å². The van der Waals surface area contributed by atoms with Crippen molar-refractivity contribution in [1.82, 2.24) is 0 Å². The van der Waals surface area contributed by atoms with Crippen molar-refractivity contribution in [2.75, 3.05) is 0 Å². The van der Waals surface area contributed by atoms with Crippen molar-refractivity contribution >= 4 is 0 Å². The standard InChI is InChI=1S/C15H14/c1-15(2)13-9-5-3-7-11(13)12-8-4-6-10-14(12)15/h3-10H,1-2H3/i5D,9D. The molecule has 3 rings (SSSR count). The van der Waals surface area contributed by atoms with E-state index in [1.807, 2.05) is 18.2 Å². The van der Waals surface area contributed by atoms with Crippen molar-refractivity contribution in [3.05, 3.63) is 59.6 Å². The van der Waals surface area contributed by atoms with Crippen LogP contribution >= 0.6 is 0 Å². The highest BCUT2D eigenvalue weighted by atomic mass is 14.4. The van der Waals surface area contributed by atoms with Gasteiger partial charge in [-0.15, -0.1) is 0 Å². The fourth-order valence-corrected chi connectivity index (χ4v) is 2.50. The summed E-state index contributed by atoms with van der Waals surface area (Å²) >= 11 is 0. The van der Waals surface area contributed by atoms with E-state index in [0.29, 0.717) is 12.1 Å². The Balaban J connectivity index is 2.44. The topological polar surface area (TPSA) is 0 Å². The SMILES string of the molecule is [2H]c1ccc2c(c1[2H])C(C)(C)c1ccccc1-2. The lowest BCUT2D eigenvalue weighted by Gasteiger charge is -2.20. The number of benzene rings is 2. The third-order valence-electron chi connectivity index (χ3n) is 3.32. The zero-order valence-corrected chi connectivity index (χ0v) is 8.96. The molecule has 0 fully saturated rings. The van der Waals surface area contributed by atoms with Gasteiger partial charge >= 0.3 is 0 Å². The highest BCUT2D eigenvalue weighted by Crippen LogP contribution is 2.47. The maximum absolute atomic E-state index is 8.12. The van der Waals surface area contributed by atoms with Crippen LogP contribution in [0.15, 0.2) is 48.5 Å². The molecule has 0 heterocycles. The fourth-order valence-electron chi connectivity index (χ4n) is 2.50. The van der Waals surface area contributed by atoms with Gasteiger partial charge in [-0.05, 0) is 22.3 Å². The quantitative estimate of drug-likeness (QED) is 0.597. The zero-order chi connectivity index (χ0) is 12.2. The minimum atomic E-state index is -0.167. The second kappa shape index (κ2) is 2.73. The van der Waals surface area contributed by atoms with Crippen LogP contribution in [0.2, 0.25) is 0 Å². The maximum atomic E-state index is 8.12. The van der Waals surface area contributed by atoms with Crippen LogP contribution in [-0.2, 0) is 5.41 Å². The van der Waals surface area contributed by atoms with Crippen LogP contribution in [-0.4, -0.2) is 0 Å². The summed E-state index contributed by atoms with van der Waals surface area (Å²) in [5.74, 6) is 0. The summed E-state index contributed by atoms with van der Waals surface area (Å²) in [4.78, 5) is 0. The van der Waals surface area contributed by atoms with Crippen molar-refractivity contribution in [3.8, 4) is 11.1 Å². The third kappa shape index (κ3) is 1.02. The molecule has 1 aliphatic carbocycles. The van der Waals surface area contributed by atoms with Crippen molar-refractivity contribution in [2.24, 2.45) is 0 Å². The first-order valence-corrected chi connectivity index (χ1v) is 5.24. The van der Waals surface area contributed by atoms with Crippen LogP contribution in [0.4, 0.5) is 0 Å². The lowest BCUT2D eigenvalue weighted by molar-refractivity contribution is 0.660. The molecule has 0 aliphatic heterocycles.